The first kappa shape index (κ1) is 18.2. The Labute approximate surface area is 154 Å². The molecular weight excluding hydrogens is 300 g/mol. The molecule has 1 saturated carbocycles. The Bertz CT molecular complexity index is 712. The lowest BCUT2D eigenvalue weighted by Crippen LogP contribution is -2.13. The van der Waals surface area contributed by atoms with Crippen molar-refractivity contribution in [2.45, 2.75) is 79.6 Å². The van der Waals surface area contributed by atoms with E-state index in [-0.39, 0.29) is 0 Å². The van der Waals surface area contributed by atoms with E-state index in [1.807, 2.05) is 0 Å². The summed E-state index contributed by atoms with van der Waals surface area (Å²) in [4.78, 5) is 0. The van der Waals surface area contributed by atoms with Crippen molar-refractivity contribution in [2.75, 3.05) is 0 Å². The lowest BCUT2D eigenvalue weighted by molar-refractivity contribution is 0.318. The van der Waals surface area contributed by atoms with Crippen LogP contribution in [-0.2, 0) is 0 Å². The second kappa shape index (κ2) is 7.36. The largest absolute Gasteiger partial charge is 0.0651 e. The van der Waals surface area contributed by atoms with E-state index in [4.69, 9.17) is 0 Å². The van der Waals surface area contributed by atoms with Gasteiger partial charge in [0.1, 0.15) is 0 Å². The van der Waals surface area contributed by atoms with Crippen LogP contribution in [-0.4, -0.2) is 0 Å². The third-order valence-electron chi connectivity index (χ3n) is 6.67. The molecule has 0 unspecified atom stereocenters. The number of rotatable bonds is 3. The van der Waals surface area contributed by atoms with E-state index in [2.05, 4.69) is 65.8 Å². The molecule has 0 amide bonds. The Kier molecular flexibility index (Phi) is 5.37. The molecule has 0 atom stereocenters. The van der Waals surface area contributed by atoms with E-state index < -0.39 is 0 Å². The summed E-state index contributed by atoms with van der Waals surface area (Å²) in [6, 6.07) is 9.68. The Hall–Kier alpha value is -1.56. The van der Waals surface area contributed by atoms with Gasteiger partial charge in [0, 0.05) is 0 Å². The van der Waals surface area contributed by atoms with Gasteiger partial charge in [0.15, 0.2) is 0 Å². The molecule has 25 heavy (non-hydrogen) atoms. The summed E-state index contributed by atoms with van der Waals surface area (Å²) in [5, 5.41) is 0. The molecule has 3 rings (SSSR count). The van der Waals surface area contributed by atoms with Crippen molar-refractivity contribution in [1.29, 1.82) is 0 Å². The predicted octanol–water partition coefficient (Wildman–Crippen LogP) is 7.58. The zero-order valence-electron chi connectivity index (χ0n) is 17.0. The van der Waals surface area contributed by atoms with Crippen molar-refractivity contribution in [1.82, 2.24) is 0 Å². The third kappa shape index (κ3) is 3.68. The molecule has 0 aromatic heterocycles. The number of hydrogen-bond donors (Lipinski definition) is 0. The van der Waals surface area contributed by atoms with Crippen LogP contribution < -0.4 is 0 Å². The first-order valence-corrected chi connectivity index (χ1v) is 10.1. The van der Waals surface area contributed by atoms with Crippen LogP contribution in [0.4, 0.5) is 0 Å². The van der Waals surface area contributed by atoms with Crippen LogP contribution >= 0.6 is 0 Å². The summed E-state index contributed by atoms with van der Waals surface area (Å²) in [5.74, 6) is 1.74. The molecule has 0 nitrogen and oxygen atoms in total. The van der Waals surface area contributed by atoms with E-state index in [1.165, 1.54) is 71.0 Å². The summed E-state index contributed by atoms with van der Waals surface area (Å²) in [7, 11) is 0. The molecule has 0 spiro atoms. The van der Waals surface area contributed by atoms with Gasteiger partial charge in [-0.3, -0.25) is 0 Å². The Morgan fingerprint density at radius 3 is 1.72 bits per heavy atom. The molecular formula is C25H34. The highest BCUT2D eigenvalue weighted by molar-refractivity contribution is 5.73. The molecule has 1 aliphatic rings. The minimum Gasteiger partial charge on any atom is -0.0651 e. The Balaban J connectivity index is 1.94. The van der Waals surface area contributed by atoms with E-state index in [0.29, 0.717) is 0 Å². The quantitative estimate of drug-likeness (QED) is 0.542. The van der Waals surface area contributed by atoms with Crippen LogP contribution in [0.5, 0.6) is 0 Å². The van der Waals surface area contributed by atoms with Gasteiger partial charge in [0.2, 0.25) is 0 Å². The number of hydrogen-bond acceptors (Lipinski definition) is 0. The van der Waals surface area contributed by atoms with Crippen molar-refractivity contribution in [3.63, 3.8) is 0 Å². The highest BCUT2D eigenvalue weighted by Gasteiger charge is 2.22. The monoisotopic (exact) mass is 334 g/mol. The zero-order valence-corrected chi connectivity index (χ0v) is 17.0. The van der Waals surface area contributed by atoms with Gasteiger partial charge in [-0.1, -0.05) is 37.6 Å². The maximum Gasteiger partial charge on any atom is -0.0125 e. The maximum atomic E-state index is 2.48. The van der Waals surface area contributed by atoms with Gasteiger partial charge in [-0.15, -0.1) is 0 Å². The fourth-order valence-electron chi connectivity index (χ4n) is 4.77. The lowest BCUT2D eigenvalue weighted by Gasteiger charge is -2.29. The van der Waals surface area contributed by atoms with Crippen LogP contribution in [0.15, 0.2) is 24.3 Å². The van der Waals surface area contributed by atoms with Crippen molar-refractivity contribution in [2.24, 2.45) is 5.92 Å². The van der Waals surface area contributed by atoms with Gasteiger partial charge >= 0.3 is 0 Å². The minimum absolute atomic E-state index is 0.774. The molecule has 0 bridgehead atoms. The van der Waals surface area contributed by atoms with Crippen LogP contribution in [0, 0.1) is 40.5 Å². The van der Waals surface area contributed by atoms with Crippen molar-refractivity contribution in [3.05, 3.63) is 57.6 Å². The number of benzene rings is 2. The average Bonchev–Trinajstić information content (AvgIpc) is 2.59. The maximum absolute atomic E-state index is 2.48. The van der Waals surface area contributed by atoms with E-state index in [9.17, 15) is 0 Å². The average molecular weight is 335 g/mol. The van der Waals surface area contributed by atoms with Gasteiger partial charge in [-0.2, -0.15) is 0 Å². The summed E-state index contributed by atoms with van der Waals surface area (Å²) >= 11 is 0. The summed E-state index contributed by atoms with van der Waals surface area (Å²) < 4.78 is 0. The third-order valence-corrected chi connectivity index (χ3v) is 6.67. The van der Waals surface area contributed by atoms with E-state index in [1.54, 1.807) is 5.56 Å². The Morgan fingerprint density at radius 2 is 1.24 bits per heavy atom. The summed E-state index contributed by atoms with van der Waals surface area (Å²) in [6.07, 6.45) is 6.93. The van der Waals surface area contributed by atoms with Crippen molar-refractivity contribution < 1.29 is 0 Å². The molecule has 2 aromatic carbocycles. The molecule has 1 fully saturated rings. The molecule has 0 heteroatoms. The molecule has 0 N–H and O–H groups in total. The SMILES string of the molecule is CCC1CCC(c2cc(C)c(-c3cc(C)c(C)c(C)c3)c(C)c2)CC1. The first-order valence-electron chi connectivity index (χ1n) is 10.1. The van der Waals surface area contributed by atoms with E-state index in [0.717, 1.165) is 11.8 Å². The van der Waals surface area contributed by atoms with Gasteiger partial charge in [-0.05, 0) is 117 Å². The van der Waals surface area contributed by atoms with Gasteiger partial charge in [-0.25, -0.2) is 0 Å². The second-order valence-electron chi connectivity index (χ2n) is 8.39. The summed E-state index contributed by atoms with van der Waals surface area (Å²) in [5.41, 5.74) is 11.5. The molecule has 0 saturated heterocycles. The minimum atomic E-state index is 0.774. The Morgan fingerprint density at radius 1 is 0.720 bits per heavy atom. The second-order valence-corrected chi connectivity index (χ2v) is 8.39. The van der Waals surface area contributed by atoms with Crippen LogP contribution in [0.1, 0.15) is 78.3 Å². The van der Waals surface area contributed by atoms with Crippen LogP contribution in [0.25, 0.3) is 11.1 Å². The first-order chi connectivity index (χ1) is 11.9. The highest BCUT2D eigenvalue weighted by Crippen LogP contribution is 2.39. The lowest BCUT2D eigenvalue weighted by atomic mass is 9.76. The zero-order chi connectivity index (χ0) is 18.1. The van der Waals surface area contributed by atoms with Gasteiger partial charge in [0.05, 0.1) is 0 Å². The predicted molar refractivity (Wildman–Crippen MR) is 111 cm³/mol. The summed E-state index contributed by atoms with van der Waals surface area (Å²) in [6.45, 7) is 13.6. The smallest absolute Gasteiger partial charge is 0.0125 e. The van der Waals surface area contributed by atoms with Crippen LogP contribution in [0.3, 0.4) is 0 Å². The molecule has 2 aromatic rings. The molecule has 1 aliphatic carbocycles. The molecule has 0 radical (unpaired) electrons. The van der Waals surface area contributed by atoms with E-state index >= 15 is 0 Å². The molecule has 0 heterocycles. The van der Waals surface area contributed by atoms with Crippen molar-refractivity contribution in [3.8, 4) is 11.1 Å². The van der Waals surface area contributed by atoms with Crippen molar-refractivity contribution >= 4 is 0 Å². The standard InChI is InChI=1S/C25H34/c1-7-21-8-10-22(11-9-21)23-14-18(4)25(19(5)15-23)24-12-16(2)20(6)17(3)13-24/h12-15,21-22H,7-11H2,1-6H3. The number of aryl methyl sites for hydroxylation is 4. The highest BCUT2D eigenvalue weighted by atomic mass is 14.3. The fraction of sp³-hybridized carbons (Fsp3) is 0.520. The molecule has 0 aliphatic heterocycles. The van der Waals surface area contributed by atoms with Gasteiger partial charge < -0.3 is 0 Å². The van der Waals surface area contributed by atoms with Gasteiger partial charge in [0.25, 0.3) is 0 Å². The molecule has 134 valence electrons. The topological polar surface area (TPSA) is 0 Å². The normalized spacial score (nSPS) is 20.7. The fourth-order valence-corrected chi connectivity index (χ4v) is 4.77. The van der Waals surface area contributed by atoms with Crippen LogP contribution in [0.2, 0.25) is 0 Å².